The number of carbonyl (C=O) groups excluding carboxylic acids is 1. The number of carbonyl (C=O) groups is 1. The van der Waals surface area contributed by atoms with Gasteiger partial charge in [-0.05, 0) is 49.1 Å². The molecule has 0 saturated carbocycles. The Bertz CT molecular complexity index is 1240. The van der Waals surface area contributed by atoms with Gasteiger partial charge in [0.1, 0.15) is 17.6 Å². The van der Waals surface area contributed by atoms with E-state index < -0.39 is 0 Å². The first-order valence-corrected chi connectivity index (χ1v) is 11.8. The number of pyridine rings is 1. The molecule has 4 heterocycles. The zero-order valence-corrected chi connectivity index (χ0v) is 19.1. The van der Waals surface area contributed by atoms with Crippen molar-refractivity contribution in [2.45, 2.75) is 31.7 Å². The topological polar surface area (TPSA) is 81.4 Å². The van der Waals surface area contributed by atoms with E-state index in [4.69, 9.17) is 9.15 Å². The molecule has 8 heteroatoms. The van der Waals surface area contributed by atoms with Crippen molar-refractivity contribution in [1.29, 1.82) is 0 Å². The summed E-state index contributed by atoms with van der Waals surface area (Å²) in [6, 6.07) is 11.3. The highest BCUT2D eigenvalue weighted by molar-refractivity contribution is 7.13. The van der Waals surface area contributed by atoms with Gasteiger partial charge in [0.25, 0.3) is 5.91 Å². The third-order valence-corrected chi connectivity index (χ3v) is 6.62. The van der Waals surface area contributed by atoms with Crippen molar-refractivity contribution in [3.8, 4) is 16.3 Å². The molecular formula is C25H24N4O3S. The van der Waals surface area contributed by atoms with Crippen molar-refractivity contribution in [2.75, 3.05) is 13.7 Å². The van der Waals surface area contributed by atoms with Crippen LogP contribution >= 0.6 is 11.3 Å². The fourth-order valence-electron chi connectivity index (χ4n) is 4.24. The molecule has 1 aliphatic rings. The Labute approximate surface area is 196 Å². The Kier molecular flexibility index (Phi) is 6.17. The number of thiazole rings is 1. The maximum atomic E-state index is 13.7. The van der Waals surface area contributed by atoms with Crippen LogP contribution in [0.4, 0.5) is 0 Å². The zero-order chi connectivity index (χ0) is 22.6. The van der Waals surface area contributed by atoms with E-state index in [1.54, 1.807) is 37.3 Å². The van der Waals surface area contributed by atoms with E-state index in [0.29, 0.717) is 30.1 Å². The van der Waals surface area contributed by atoms with Crippen molar-refractivity contribution in [3.63, 3.8) is 0 Å². The number of hydrogen-bond donors (Lipinski definition) is 0. The van der Waals surface area contributed by atoms with E-state index in [0.717, 1.165) is 41.2 Å². The summed E-state index contributed by atoms with van der Waals surface area (Å²) < 4.78 is 11.5. The first-order valence-electron chi connectivity index (χ1n) is 11.0. The van der Waals surface area contributed by atoms with Crippen molar-refractivity contribution >= 4 is 17.2 Å². The van der Waals surface area contributed by atoms with Gasteiger partial charge in [-0.2, -0.15) is 0 Å². The van der Waals surface area contributed by atoms with Crippen LogP contribution in [0.1, 0.15) is 52.9 Å². The summed E-state index contributed by atoms with van der Waals surface area (Å²) in [4.78, 5) is 29.6. The molecule has 1 aromatic carbocycles. The van der Waals surface area contributed by atoms with E-state index in [-0.39, 0.29) is 11.9 Å². The molecule has 1 fully saturated rings. The van der Waals surface area contributed by atoms with Crippen molar-refractivity contribution in [1.82, 2.24) is 19.9 Å². The van der Waals surface area contributed by atoms with Crippen LogP contribution in [-0.4, -0.2) is 39.4 Å². The van der Waals surface area contributed by atoms with Gasteiger partial charge in [-0.1, -0.05) is 12.1 Å². The number of rotatable bonds is 6. The van der Waals surface area contributed by atoms with Gasteiger partial charge in [0.2, 0.25) is 5.89 Å². The summed E-state index contributed by atoms with van der Waals surface area (Å²) in [5, 5.41) is 0. The number of nitrogens with zero attached hydrogens (tertiary/aromatic N) is 4. The van der Waals surface area contributed by atoms with E-state index in [1.165, 1.54) is 11.3 Å². The Morgan fingerprint density at radius 2 is 2.15 bits per heavy atom. The maximum Gasteiger partial charge on any atom is 0.256 e. The van der Waals surface area contributed by atoms with Gasteiger partial charge in [0.05, 0.1) is 35.0 Å². The lowest BCUT2D eigenvalue weighted by Gasteiger charge is -2.34. The quantitative estimate of drug-likeness (QED) is 0.395. The molecule has 168 valence electrons. The van der Waals surface area contributed by atoms with Gasteiger partial charge >= 0.3 is 0 Å². The molecule has 1 aliphatic heterocycles. The molecule has 33 heavy (non-hydrogen) atoms. The smallest absolute Gasteiger partial charge is 0.256 e. The minimum atomic E-state index is -0.195. The van der Waals surface area contributed by atoms with E-state index in [1.807, 2.05) is 35.2 Å². The molecule has 1 saturated heterocycles. The predicted molar refractivity (Wildman–Crippen MR) is 125 cm³/mol. The lowest BCUT2D eigenvalue weighted by Crippen LogP contribution is -2.39. The minimum Gasteiger partial charge on any atom is -0.497 e. The van der Waals surface area contributed by atoms with Crippen LogP contribution in [0.2, 0.25) is 0 Å². The van der Waals surface area contributed by atoms with Crippen LogP contribution in [0.5, 0.6) is 5.75 Å². The molecule has 0 N–H and O–H groups in total. The average Bonchev–Trinajstić information content (AvgIpc) is 3.56. The first-order chi connectivity index (χ1) is 16.2. The lowest BCUT2D eigenvalue weighted by atomic mass is 10.00. The van der Waals surface area contributed by atoms with Crippen molar-refractivity contribution in [3.05, 3.63) is 83.3 Å². The number of aromatic nitrogens is 3. The van der Waals surface area contributed by atoms with Crippen LogP contribution in [-0.2, 0) is 6.42 Å². The Morgan fingerprint density at radius 1 is 1.21 bits per heavy atom. The largest absolute Gasteiger partial charge is 0.497 e. The van der Waals surface area contributed by atoms with Crippen LogP contribution in [0.25, 0.3) is 10.6 Å². The van der Waals surface area contributed by atoms with Gasteiger partial charge in [-0.25, -0.2) is 4.98 Å². The summed E-state index contributed by atoms with van der Waals surface area (Å²) in [7, 11) is 1.66. The summed E-state index contributed by atoms with van der Waals surface area (Å²) in [6.07, 6.45) is 8.63. The molecule has 7 nitrogen and oxygen atoms in total. The molecule has 1 atom stereocenters. The number of ether oxygens (including phenoxy) is 1. The second-order valence-electron chi connectivity index (χ2n) is 7.97. The fourth-order valence-corrected chi connectivity index (χ4v) is 4.87. The highest BCUT2D eigenvalue weighted by atomic mass is 32.1. The van der Waals surface area contributed by atoms with E-state index in [9.17, 15) is 4.79 Å². The molecule has 0 radical (unpaired) electrons. The van der Waals surface area contributed by atoms with Crippen LogP contribution in [0.3, 0.4) is 0 Å². The Morgan fingerprint density at radius 3 is 3.00 bits per heavy atom. The molecule has 1 amide bonds. The second kappa shape index (κ2) is 9.54. The van der Waals surface area contributed by atoms with E-state index >= 15 is 0 Å². The van der Waals surface area contributed by atoms with Gasteiger partial charge in [-0.15, -0.1) is 11.3 Å². The Hall–Kier alpha value is -3.52. The molecule has 0 aliphatic carbocycles. The molecule has 4 aromatic rings. The summed E-state index contributed by atoms with van der Waals surface area (Å²) in [5.74, 6) is 2.11. The normalized spacial score (nSPS) is 16.0. The maximum absolute atomic E-state index is 13.7. The third-order valence-electron chi connectivity index (χ3n) is 5.84. The summed E-state index contributed by atoms with van der Waals surface area (Å²) >= 11 is 1.47. The van der Waals surface area contributed by atoms with Crippen LogP contribution in [0, 0.1) is 0 Å². The number of hydrogen-bond acceptors (Lipinski definition) is 7. The molecule has 0 spiro atoms. The van der Waals surface area contributed by atoms with Crippen molar-refractivity contribution in [2.24, 2.45) is 0 Å². The molecule has 0 bridgehead atoms. The third kappa shape index (κ3) is 4.52. The van der Waals surface area contributed by atoms with E-state index in [2.05, 4.69) is 15.0 Å². The number of amides is 1. The number of methoxy groups -OCH3 is 1. The lowest BCUT2D eigenvalue weighted by molar-refractivity contribution is 0.0570. The average molecular weight is 461 g/mol. The fraction of sp³-hybridized carbons (Fsp3) is 0.280. The molecule has 3 aromatic heterocycles. The van der Waals surface area contributed by atoms with Gasteiger partial charge in [0, 0.05) is 25.4 Å². The summed E-state index contributed by atoms with van der Waals surface area (Å²) in [6.45, 7) is 0.661. The summed E-state index contributed by atoms with van der Waals surface area (Å²) in [5.41, 5.74) is 4.08. The first kappa shape index (κ1) is 21.3. The zero-order valence-electron chi connectivity index (χ0n) is 18.3. The number of benzene rings is 1. The second-order valence-corrected chi connectivity index (χ2v) is 8.85. The Balaban J connectivity index is 1.40. The van der Waals surface area contributed by atoms with Gasteiger partial charge in [-0.3, -0.25) is 14.8 Å². The van der Waals surface area contributed by atoms with Gasteiger partial charge in [0.15, 0.2) is 0 Å². The predicted octanol–water partition coefficient (Wildman–Crippen LogP) is 5.16. The minimum absolute atomic E-state index is 0.0521. The number of oxazole rings is 1. The molecular weight excluding hydrogens is 436 g/mol. The number of piperidine rings is 1. The van der Waals surface area contributed by atoms with Gasteiger partial charge < -0.3 is 14.1 Å². The highest BCUT2D eigenvalue weighted by Gasteiger charge is 2.33. The molecule has 5 rings (SSSR count). The standard InChI is InChI=1S/C25H24N4O3S/c1-31-18-7-4-6-17(12-18)13-19-14-28-24(32-19)21-9-2-3-11-29(21)25(30)20-8-5-10-27-23(20)22-15-26-16-33-22/h4-8,10,12,14-16,21H,2-3,9,11,13H2,1H3/t21-/m0/s1. The highest BCUT2D eigenvalue weighted by Crippen LogP contribution is 2.34. The molecule has 0 unspecified atom stereocenters. The SMILES string of the molecule is COc1cccc(Cc2cnc([C@@H]3CCCCN3C(=O)c3cccnc3-c3cncs3)o2)c1. The number of likely N-dealkylation sites (tertiary alicyclic amines) is 1. The van der Waals surface area contributed by atoms with Crippen molar-refractivity contribution < 1.29 is 13.9 Å². The monoisotopic (exact) mass is 460 g/mol. The van der Waals surface area contributed by atoms with Crippen LogP contribution < -0.4 is 4.74 Å². The van der Waals surface area contributed by atoms with Crippen LogP contribution in [0.15, 0.2) is 64.9 Å².